The van der Waals surface area contributed by atoms with Crippen molar-refractivity contribution in [3.8, 4) is 0 Å². The zero-order valence-electron chi connectivity index (χ0n) is 10.3. The number of sulfonamides is 1. The SMILES string of the molecule is CN(CCn1cnnc1)S(=O)(=O)c1cccc(Br)c1. The third-order valence-corrected chi connectivity index (χ3v) is 4.99. The van der Waals surface area contributed by atoms with Crippen molar-refractivity contribution in [1.29, 1.82) is 0 Å². The molecule has 0 bridgehead atoms. The normalized spacial score (nSPS) is 11.9. The molecule has 19 heavy (non-hydrogen) atoms. The number of nitrogens with zero attached hydrogens (tertiary/aromatic N) is 4. The van der Waals surface area contributed by atoms with E-state index >= 15 is 0 Å². The minimum absolute atomic E-state index is 0.271. The maximum Gasteiger partial charge on any atom is 0.242 e. The number of rotatable bonds is 5. The quantitative estimate of drug-likeness (QED) is 0.821. The van der Waals surface area contributed by atoms with Gasteiger partial charge in [-0.15, -0.1) is 10.2 Å². The van der Waals surface area contributed by atoms with E-state index in [1.807, 2.05) is 0 Å². The van der Waals surface area contributed by atoms with Gasteiger partial charge in [0, 0.05) is 24.6 Å². The first-order valence-corrected chi connectivity index (χ1v) is 7.78. The highest BCUT2D eigenvalue weighted by Crippen LogP contribution is 2.18. The van der Waals surface area contributed by atoms with Crippen molar-refractivity contribution in [2.75, 3.05) is 13.6 Å². The predicted molar refractivity (Wildman–Crippen MR) is 74.0 cm³/mol. The van der Waals surface area contributed by atoms with Crippen LogP contribution in [0.2, 0.25) is 0 Å². The van der Waals surface area contributed by atoms with Crippen molar-refractivity contribution < 1.29 is 8.42 Å². The lowest BCUT2D eigenvalue weighted by atomic mass is 10.4. The van der Waals surface area contributed by atoms with E-state index in [1.165, 1.54) is 4.31 Å². The second-order valence-corrected chi connectivity index (χ2v) is 6.94. The molecule has 0 aliphatic rings. The van der Waals surface area contributed by atoms with Crippen molar-refractivity contribution in [2.45, 2.75) is 11.4 Å². The fourth-order valence-corrected chi connectivity index (χ4v) is 3.28. The molecule has 0 unspecified atom stereocenters. The van der Waals surface area contributed by atoms with Gasteiger partial charge in [-0.1, -0.05) is 22.0 Å². The molecule has 0 saturated carbocycles. The fourth-order valence-electron chi connectivity index (χ4n) is 1.52. The lowest BCUT2D eigenvalue weighted by Gasteiger charge is -2.17. The Balaban J connectivity index is 2.11. The molecule has 6 nitrogen and oxygen atoms in total. The molecule has 1 aromatic carbocycles. The molecule has 0 spiro atoms. The lowest BCUT2D eigenvalue weighted by Crippen LogP contribution is -2.30. The average molecular weight is 345 g/mol. The van der Waals surface area contributed by atoms with E-state index in [4.69, 9.17) is 0 Å². The minimum Gasteiger partial charge on any atom is -0.319 e. The first kappa shape index (κ1) is 14.2. The van der Waals surface area contributed by atoms with Crippen LogP contribution in [0.5, 0.6) is 0 Å². The van der Waals surface area contributed by atoms with Gasteiger partial charge < -0.3 is 4.57 Å². The molecule has 2 aromatic rings. The number of hydrogen-bond donors (Lipinski definition) is 0. The Morgan fingerprint density at radius 3 is 2.63 bits per heavy atom. The summed E-state index contributed by atoms with van der Waals surface area (Å²) in [5.41, 5.74) is 0. The van der Waals surface area contributed by atoms with Crippen LogP contribution in [0.15, 0.2) is 46.3 Å². The molecule has 0 fully saturated rings. The molecule has 1 aromatic heterocycles. The molecule has 2 rings (SSSR count). The Hall–Kier alpha value is -1.25. The zero-order valence-corrected chi connectivity index (χ0v) is 12.7. The van der Waals surface area contributed by atoms with Gasteiger partial charge in [-0.3, -0.25) is 0 Å². The van der Waals surface area contributed by atoms with E-state index in [9.17, 15) is 8.42 Å². The summed E-state index contributed by atoms with van der Waals surface area (Å²) in [5.74, 6) is 0. The fraction of sp³-hybridized carbons (Fsp3) is 0.273. The Morgan fingerprint density at radius 2 is 2.00 bits per heavy atom. The molecule has 0 saturated heterocycles. The molecular weight excluding hydrogens is 332 g/mol. The summed E-state index contributed by atoms with van der Waals surface area (Å²) >= 11 is 3.27. The third-order valence-electron chi connectivity index (χ3n) is 2.64. The Bertz CT molecular complexity index is 642. The molecular formula is C11H13BrN4O2S. The molecule has 0 atom stereocenters. The summed E-state index contributed by atoms with van der Waals surface area (Å²) in [5, 5.41) is 7.34. The van der Waals surface area contributed by atoms with Gasteiger partial charge in [-0.2, -0.15) is 4.31 Å². The topological polar surface area (TPSA) is 68.1 Å². The molecule has 0 aliphatic heterocycles. The van der Waals surface area contributed by atoms with Gasteiger partial charge in [-0.25, -0.2) is 8.42 Å². The van der Waals surface area contributed by atoms with E-state index in [2.05, 4.69) is 26.1 Å². The summed E-state index contributed by atoms with van der Waals surface area (Å²) in [4.78, 5) is 0.271. The molecule has 0 amide bonds. The van der Waals surface area contributed by atoms with Crippen LogP contribution in [0.4, 0.5) is 0 Å². The lowest BCUT2D eigenvalue weighted by molar-refractivity contribution is 0.445. The van der Waals surface area contributed by atoms with E-state index in [0.717, 1.165) is 4.47 Å². The van der Waals surface area contributed by atoms with Crippen LogP contribution in [0.3, 0.4) is 0 Å². The van der Waals surface area contributed by atoms with Crippen LogP contribution >= 0.6 is 15.9 Å². The number of hydrogen-bond acceptors (Lipinski definition) is 4. The van der Waals surface area contributed by atoms with Crippen LogP contribution < -0.4 is 0 Å². The molecule has 0 aliphatic carbocycles. The van der Waals surface area contributed by atoms with E-state index in [-0.39, 0.29) is 4.90 Å². The number of benzene rings is 1. The second kappa shape index (κ2) is 5.81. The van der Waals surface area contributed by atoms with Gasteiger partial charge in [-0.05, 0) is 18.2 Å². The van der Waals surface area contributed by atoms with Gasteiger partial charge in [0.1, 0.15) is 12.7 Å². The van der Waals surface area contributed by atoms with Gasteiger partial charge in [0.2, 0.25) is 10.0 Å². The summed E-state index contributed by atoms with van der Waals surface area (Å²) in [6.07, 6.45) is 3.11. The van der Waals surface area contributed by atoms with Crippen LogP contribution in [0.1, 0.15) is 0 Å². The summed E-state index contributed by atoms with van der Waals surface area (Å²) in [6, 6.07) is 6.65. The Kier molecular flexibility index (Phi) is 4.33. The van der Waals surface area contributed by atoms with Crippen molar-refractivity contribution in [1.82, 2.24) is 19.1 Å². The van der Waals surface area contributed by atoms with E-state index < -0.39 is 10.0 Å². The number of aromatic nitrogens is 3. The molecule has 1 heterocycles. The highest BCUT2D eigenvalue weighted by Gasteiger charge is 2.20. The van der Waals surface area contributed by atoms with Crippen molar-refractivity contribution in [3.05, 3.63) is 41.4 Å². The van der Waals surface area contributed by atoms with E-state index in [1.54, 1.807) is 48.5 Å². The van der Waals surface area contributed by atoms with Gasteiger partial charge in [0.05, 0.1) is 4.90 Å². The zero-order chi connectivity index (χ0) is 13.9. The van der Waals surface area contributed by atoms with Crippen LogP contribution in [-0.4, -0.2) is 41.1 Å². The summed E-state index contributed by atoms with van der Waals surface area (Å²) in [7, 11) is -1.91. The largest absolute Gasteiger partial charge is 0.319 e. The van der Waals surface area contributed by atoms with Gasteiger partial charge in [0.15, 0.2) is 0 Å². The Labute approximate surface area is 120 Å². The minimum atomic E-state index is -3.47. The van der Waals surface area contributed by atoms with Crippen LogP contribution in [0.25, 0.3) is 0 Å². The molecule has 102 valence electrons. The first-order valence-electron chi connectivity index (χ1n) is 5.54. The second-order valence-electron chi connectivity index (χ2n) is 3.98. The van der Waals surface area contributed by atoms with E-state index in [0.29, 0.717) is 13.1 Å². The van der Waals surface area contributed by atoms with Crippen LogP contribution in [-0.2, 0) is 16.6 Å². The molecule has 0 radical (unpaired) electrons. The first-order chi connectivity index (χ1) is 9.00. The average Bonchev–Trinajstić information content (AvgIpc) is 2.89. The third kappa shape index (κ3) is 3.40. The maximum atomic E-state index is 12.3. The summed E-state index contributed by atoms with van der Waals surface area (Å²) < 4.78 is 28.4. The smallest absolute Gasteiger partial charge is 0.242 e. The molecule has 8 heteroatoms. The van der Waals surface area contributed by atoms with Gasteiger partial charge >= 0.3 is 0 Å². The Morgan fingerprint density at radius 1 is 1.32 bits per heavy atom. The maximum absolute atomic E-state index is 12.3. The van der Waals surface area contributed by atoms with Crippen molar-refractivity contribution in [2.24, 2.45) is 0 Å². The van der Waals surface area contributed by atoms with Gasteiger partial charge in [0.25, 0.3) is 0 Å². The number of halogens is 1. The standard InChI is InChI=1S/C11H13BrN4O2S/c1-15(5-6-16-8-13-14-9-16)19(17,18)11-4-2-3-10(12)7-11/h2-4,7-9H,5-6H2,1H3. The highest BCUT2D eigenvalue weighted by molar-refractivity contribution is 9.10. The van der Waals surface area contributed by atoms with Crippen LogP contribution in [0, 0.1) is 0 Å². The van der Waals surface area contributed by atoms with Crippen molar-refractivity contribution in [3.63, 3.8) is 0 Å². The molecule has 0 N–H and O–H groups in total. The number of likely N-dealkylation sites (N-methyl/N-ethyl adjacent to an activating group) is 1. The highest BCUT2D eigenvalue weighted by atomic mass is 79.9. The summed E-state index contributed by atoms with van der Waals surface area (Å²) in [6.45, 7) is 0.865. The van der Waals surface area contributed by atoms with Crippen molar-refractivity contribution >= 4 is 26.0 Å². The predicted octanol–water partition coefficient (Wildman–Crippen LogP) is 1.36. The monoisotopic (exact) mass is 344 g/mol.